The minimum atomic E-state index is -4.50. The Hall–Kier alpha value is -2.64. The first kappa shape index (κ1) is 16.2. The van der Waals surface area contributed by atoms with Gasteiger partial charge in [-0.1, -0.05) is 12.1 Å². The highest BCUT2D eigenvalue weighted by Gasteiger charge is 2.33. The summed E-state index contributed by atoms with van der Waals surface area (Å²) in [5.74, 6) is -0.400. The zero-order valence-electron chi connectivity index (χ0n) is 12.8. The number of benzene rings is 1. The lowest BCUT2D eigenvalue weighted by molar-refractivity contribution is -0.136. The van der Waals surface area contributed by atoms with Crippen LogP contribution in [0.25, 0.3) is 0 Å². The van der Waals surface area contributed by atoms with E-state index in [1.165, 1.54) is 24.3 Å². The van der Waals surface area contributed by atoms with Crippen LogP contribution in [0, 0.1) is 6.92 Å². The van der Waals surface area contributed by atoms with Crippen LogP contribution in [0.15, 0.2) is 30.3 Å². The lowest BCUT2D eigenvalue weighted by atomic mass is 10.1. The molecule has 3 rings (SSSR count). The van der Waals surface area contributed by atoms with Gasteiger partial charge >= 0.3 is 6.18 Å². The number of para-hydroxylation sites is 1. The van der Waals surface area contributed by atoms with Gasteiger partial charge in [0.05, 0.1) is 11.3 Å². The number of hydrogen-bond donors (Lipinski definition) is 2. The number of carbonyl (C=O) groups excluding carboxylic acids is 1. The van der Waals surface area contributed by atoms with Crippen molar-refractivity contribution in [2.24, 2.45) is 0 Å². The van der Waals surface area contributed by atoms with Crippen LogP contribution in [-0.2, 0) is 6.18 Å². The van der Waals surface area contributed by atoms with Crippen molar-refractivity contribution in [3.05, 3.63) is 47.3 Å². The molecule has 1 aliphatic rings. The summed E-state index contributed by atoms with van der Waals surface area (Å²) >= 11 is 0. The van der Waals surface area contributed by atoms with Crippen molar-refractivity contribution in [1.29, 1.82) is 0 Å². The van der Waals surface area contributed by atoms with Crippen molar-refractivity contribution in [2.45, 2.75) is 32.0 Å². The highest BCUT2D eigenvalue weighted by molar-refractivity contribution is 5.93. The van der Waals surface area contributed by atoms with Gasteiger partial charge in [0.1, 0.15) is 5.69 Å². The first-order valence-corrected chi connectivity index (χ1v) is 7.43. The summed E-state index contributed by atoms with van der Waals surface area (Å²) in [5, 5.41) is 5.35. The monoisotopic (exact) mass is 336 g/mol. The van der Waals surface area contributed by atoms with Gasteiger partial charge in [0, 0.05) is 11.7 Å². The number of halogens is 3. The van der Waals surface area contributed by atoms with Gasteiger partial charge in [-0.2, -0.15) is 13.2 Å². The minimum Gasteiger partial charge on any atom is -0.348 e. The maximum atomic E-state index is 13.0. The van der Waals surface area contributed by atoms with Gasteiger partial charge in [-0.3, -0.25) is 4.79 Å². The predicted octanol–water partition coefficient (Wildman–Crippen LogP) is 3.44. The fourth-order valence-electron chi connectivity index (χ4n) is 2.19. The summed E-state index contributed by atoms with van der Waals surface area (Å²) in [5.41, 5.74) is -0.373. The van der Waals surface area contributed by atoms with Crippen LogP contribution in [0.1, 0.15) is 34.6 Å². The average Bonchev–Trinajstić information content (AvgIpc) is 3.30. The zero-order valence-corrected chi connectivity index (χ0v) is 12.8. The van der Waals surface area contributed by atoms with Gasteiger partial charge < -0.3 is 10.6 Å². The van der Waals surface area contributed by atoms with Crippen molar-refractivity contribution in [3.63, 3.8) is 0 Å². The number of hydrogen-bond acceptors (Lipinski definition) is 4. The number of aromatic nitrogens is 2. The van der Waals surface area contributed by atoms with Crippen LogP contribution in [0.5, 0.6) is 0 Å². The van der Waals surface area contributed by atoms with Gasteiger partial charge in [0.2, 0.25) is 5.95 Å². The Labute approximate surface area is 136 Å². The van der Waals surface area contributed by atoms with Crippen molar-refractivity contribution >= 4 is 17.5 Å². The summed E-state index contributed by atoms with van der Waals surface area (Å²) in [6.07, 6.45) is -2.64. The summed E-state index contributed by atoms with van der Waals surface area (Å²) < 4.78 is 39.1. The number of rotatable bonds is 4. The maximum Gasteiger partial charge on any atom is 0.418 e. The molecule has 0 unspecified atom stereocenters. The molecule has 5 nitrogen and oxygen atoms in total. The molecule has 0 saturated heterocycles. The largest absolute Gasteiger partial charge is 0.418 e. The third-order valence-electron chi connectivity index (χ3n) is 3.48. The SMILES string of the molecule is Cc1cc(C(=O)NC2CC2)nc(Nc2ccccc2C(F)(F)F)n1. The molecule has 0 spiro atoms. The normalized spacial score (nSPS) is 14.3. The number of nitrogens with zero attached hydrogens (tertiary/aromatic N) is 2. The molecule has 0 bridgehead atoms. The molecular weight excluding hydrogens is 321 g/mol. The third kappa shape index (κ3) is 3.81. The molecule has 126 valence electrons. The van der Waals surface area contributed by atoms with Crippen molar-refractivity contribution < 1.29 is 18.0 Å². The van der Waals surface area contributed by atoms with Crippen LogP contribution in [0.2, 0.25) is 0 Å². The molecule has 0 aliphatic heterocycles. The lowest BCUT2D eigenvalue weighted by Crippen LogP contribution is -2.26. The molecule has 0 atom stereocenters. The molecule has 1 aromatic carbocycles. The van der Waals surface area contributed by atoms with E-state index in [1.54, 1.807) is 6.92 Å². The van der Waals surface area contributed by atoms with Gasteiger partial charge in [0.15, 0.2) is 0 Å². The number of alkyl halides is 3. The smallest absolute Gasteiger partial charge is 0.348 e. The van der Waals surface area contributed by atoms with Gasteiger partial charge in [-0.25, -0.2) is 9.97 Å². The molecule has 2 N–H and O–H groups in total. The lowest BCUT2D eigenvalue weighted by Gasteiger charge is -2.14. The Morgan fingerprint density at radius 1 is 1.21 bits per heavy atom. The number of nitrogens with one attached hydrogen (secondary N) is 2. The van der Waals surface area contributed by atoms with Crippen molar-refractivity contribution in [3.8, 4) is 0 Å². The van der Waals surface area contributed by atoms with Gasteiger partial charge in [-0.05, 0) is 38.0 Å². The number of carbonyl (C=O) groups is 1. The Bertz CT molecular complexity index is 772. The molecule has 1 aliphatic carbocycles. The molecule has 1 saturated carbocycles. The van der Waals surface area contributed by atoms with Crippen molar-refractivity contribution in [2.75, 3.05) is 5.32 Å². The summed E-state index contributed by atoms with van der Waals surface area (Å²) in [6.45, 7) is 1.65. The summed E-state index contributed by atoms with van der Waals surface area (Å²) in [7, 11) is 0. The van der Waals surface area contributed by atoms with Crippen LogP contribution in [0.4, 0.5) is 24.8 Å². The quantitative estimate of drug-likeness (QED) is 0.897. The van der Waals surface area contributed by atoms with Crippen molar-refractivity contribution in [1.82, 2.24) is 15.3 Å². The summed E-state index contributed by atoms with van der Waals surface area (Å²) in [6, 6.07) is 6.71. The van der Waals surface area contributed by atoms with E-state index in [-0.39, 0.29) is 29.3 Å². The topological polar surface area (TPSA) is 66.9 Å². The predicted molar refractivity (Wildman–Crippen MR) is 82.0 cm³/mol. The van der Waals surface area contributed by atoms with E-state index >= 15 is 0 Å². The van der Waals surface area contributed by atoms with E-state index < -0.39 is 11.7 Å². The highest BCUT2D eigenvalue weighted by Crippen LogP contribution is 2.35. The van der Waals surface area contributed by atoms with Crippen LogP contribution in [0.3, 0.4) is 0 Å². The molecule has 1 amide bonds. The Balaban J connectivity index is 1.88. The molecule has 0 radical (unpaired) electrons. The van der Waals surface area contributed by atoms with Crippen LogP contribution >= 0.6 is 0 Å². The maximum absolute atomic E-state index is 13.0. The zero-order chi connectivity index (χ0) is 17.3. The fraction of sp³-hybridized carbons (Fsp3) is 0.312. The molecular formula is C16H15F3N4O. The first-order valence-electron chi connectivity index (χ1n) is 7.43. The van der Waals surface area contributed by atoms with E-state index in [9.17, 15) is 18.0 Å². The van der Waals surface area contributed by atoms with Crippen LogP contribution in [-0.4, -0.2) is 21.9 Å². The molecule has 1 fully saturated rings. The van der Waals surface area contributed by atoms with E-state index in [4.69, 9.17) is 0 Å². The van der Waals surface area contributed by atoms with Crippen LogP contribution < -0.4 is 10.6 Å². The van der Waals surface area contributed by atoms with E-state index in [0.29, 0.717) is 5.69 Å². The van der Waals surface area contributed by atoms with Gasteiger partial charge in [0.25, 0.3) is 5.91 Å². The Morgan fingerprint density at radius 2 is 1.92 bits per heavy atom. The first-order chi connectivity index (χ1) is 11.3. The average molecular weight is 336 g/mol. The third-order valence-corrected chi connectivity index (χ3v) is 3.48. The Kier molecular flexibility index (Phi) is 4.13. The second kappa shape index (κ2) is 6.10. The van der Waals surface area contributed by atoms with E-state index in [0.717, 1.165) is 18.9 Å². The standard InChI is InChI=1S/C16H15F3N4O/c1-9-8-13(14(24)21-10-6-7-10)23-15(20-9)22-12-5-3-2-4-11(12)16(17,18)19/h2-5,8,10H,6-7H2,1H3,(H,21,24)(H,20,22,23). The molecule has 1 aromatic heterocycles. The number of anilines is 2. The fourth-order valence-corrected chi connectivity index (χ4v) is 2.19. The molecule has 8 heteroatoms. The van der Waals surface area contributed by atoms with E-state index in [1.807, 2.05) is 0 Å². The Morgan fingerprint density at radius 3 is 2.58 bits per heavy atom. The molecule has 24 heavy (non-hydrogen) atoms. The molecule has 2 aromatic rings. The van der Waals surface area contributed by atoms with Gasteiger partial charge in [-0.15, -0.1) is 0 Å². The second-order valence-electron chi connectivity index (χ2n) is 5.63. The van der Waals surface area contributed by atoms with E-state index in [2.05, 4.69) is 20.6 Å². The number of aryl methyl sites for hydroxylation is 1. The highest BCUT2D eigenvalue weighted by atomic mass is 19.4. The minimum absolute atomic E-state index is 0.0485. The number of amides is 1. The summed E-state index contributed by atoms with van der Waals surface area (Å²) in [4.78, 5) is 20.2. The molecule has 1 heterocycles. The second-order valence-corrected chi connectivity index (χ2v) is 5.63.